The van der Waals surface area contributed by atoms with Crippen LogP contribution in [0.2, 0.25) is 0 Å². The number of hydrogen-bond acceptors (Lipinski definition) is 3. The molecule has 4 rings (SSSR count). The van der Waals surface area contributed by atoms with Gasteiger partial charge in [0.1, 0.15) is 4.60 Å². The molecule has 0 atom stereocenters. The van der Waals surface area contributed by atoms with Crippen molar-refractivity contribution in [2.75, 3.05) is 6.54 Å². The normalized spacial score (nSPS) is 11.3. The lowest BCUT2D eigenvalue weighted by Crippen LogP contribution is -2.18. The highest BCUT2D eigenvalue weighted by Gasteiger charge is 2.13. The summed E-state index contributed by atoms with van der Waals surface area (Å²) in [5, 5.41) is 0. The SMILES string of the molecule is CC(C)(C)CN.Cc1cc(C)c(-c2cccc(Br)n2)c(C)c1.Cc1cc(C)c(-c2cccc(CCC(C)(C)C)n2)c(C)c1. The van der Waals surface area contributed by atoms with Crippen LogP contribution >= 0.6 is 15.9 Å². The van der Waals surface area contributed by atoms with Crippen LogP contribution in [0.3, 0.4) is 0 Å². The van der Waals surface area contributed by atoms with E-state index in [1.54, 1.807) is 0 Å². The highest BCUT2D eigenvalue weighted by Crippen LogP contribution is 2.29. The maximum Gasteiger partial charge on any atom is 0.106 e. The Morgan fingerprint density at radius 2 is 1.00 bits per heavy atom. The molecule has 0 aliphatic heterocycles. The van der Waals surface area contributed by atoms with Crippen molar-refractivity contribution in [1.82, 2.24) is 9.97 Å². The first-order valence-corrected chi connectivity index (χ1v) is 16.1. The van der Waals surface area contributed by atoms with E-state index >= 15 is 0 Å². The van der Waals surface area contributed by atoms with E-state index in [4.69, 9.17) is 10.7 Å². The van der Waals surface area contributed by atoms with E-state index in [0.29, 0.717) is 10.8 Å². The molecule has 0 bridgehead atoms. The fourth-order valence-corrected chi connectivity index (χ4v) is 5.32. The van der Waals surface area contributed by atoms with Gasteiger partial charge in [0.2, 0.25) is 0 Å². The van der Waals surface area contributed by atoms with Gasteiger partial charge in [0, 0.05) is 16.8 Å². The smallest absolute Gasteiger partial charge is 0.106 e. The Balaban J connectivity index is 0.000000259. The summed E-state index contributed by atoms with van der Waals surface area (Å²) in [6.07, 6.45) is 2.20. The first kappa shape index (κ1) is 36.4. The number of halogens is 1. The molecular weight excluding hydrogens is 590 g/mol. The molecule has 3 nitrogen and oxygen atoms in total. The van der Waals surface area contributed by atoms with Crippen LogP contribution < -0.4 is 5.73 Å². The minimum absolute atomic E-state index is 0.319. The second-order valence-corrected chi connectivity index (χ2v) is 15.0. The van der Waals surface area contributed by atoms with E-state index < -0.39 is 0 Å². The Morgan fingerprint density at radius 3 is 1.37 bits per heavy atom. The van der Waals surface area contributed by atoms with Crippen molar-refractivity contribution >= 4 is 15.9 Å². The molecule has 4 aromatic rings. The lowest BCUT2D eigenvalue weighted by Gasteiger charge is -2.18. The van der Waals surface area contributed by atoms with Gasteiger partial charge in [-0.3, -0.25) is 4.98 Å². The zero-order chi connectivity index (χ0) is 32.5. The van der Waals surface area contributed by atoms with Crippen LogP contribution in [-0.2, 0) is 6.42 Å². The second kappa shape index (κ2) is 15.8. The number of nitrogens with zero attached hydrogens (tertiary/aromatic N) is 2. The molecule has 0 fully saturated rings. The summed E-state index contributed by atoms with van der Waals surface area (Å²) >= 11 is 3.41. The maximum absolute atomic E-state index is 5.31. The van der Waals surface area contributed by atoms with Gasteiger partial charge in [0.25, 0.3) is 0 Å². The standard InChI is InChI=1S/C20H27N.C14H14BrN.C5H13N/c1-14-12-15(2)19(16(3)13-14)18-9-7-8-17(21-18)10-11-20(4,5)6;1-9-7-10(2)14(11(3)8-9)12-5-4-6-13(15)16-12;1-5(2,3)4-6/h7-9,12-13H,10-11H2,1-6H3;4-8H,1-3H3;4,6H2,1-3H3. The number of benzene rings is 2. The molecule has 232 valence electrons. The molecule has 2 N–H and O–H groups in total. The molecule has 43 heavy (non-hydrogen) atoms. The fraction of sp³-hybridized carbons (Fsp3) is 0.436. The predicted octanol–water partition coefficient (Wildman–Crippen LogP) is 11.1. The van der Waals surface area contributed by atoms with Crippen LogP contribution in [-0.4, -0.2) is 16.5 Å². The predicted molar refractivity (Wildman–Crippen MR) is 192 cm³/mol. The molecule has 0 spiro atoms. The Labute approximate surface area is 270 Å². The number of hydrogen-bond donors (Lipinski definition) is 1. The molecule has 0 aliphatic rings. The summed E-state index contributed by atoms with van der Waals surface area (Å²) in [4.78, 5) is 9.41. The van der Waals surface area contributed by atoms with Crippen LogP contribution in [0.1, 0.15) is 87.0 Å². The first-order chi connectivity index (χ1) is 19.9. The Morgan fingerprint density at radius 1 is 0.605 bits per heavy atom. The monoisotopic (exact) mass is 643 g/mol. The van der Waals surface area contributed by atoms with E-state index in [0.717, 1.165) is 35.4 Å². The average Bonchev–Trinajstić information content (AvgIpc) is 2.87. The zero-order valence-corrected chi connectivity index (χ0v) is 30.3. The number of pyridine rings is 2. The number of aromatic nitrogens is 2. The van der Waals surface area contributed by atoms with Gasteiger partial charge < -0.3 is 5.73 Å². The van der Waals surface area contributed by atoms with Crippen LogP contribution in [0.25, 0.3) is 22.5 Å². The molecule has 0 radical (unpaired) electrons. The largest absolute Gasteiger partial charge is 0.330 e. The van der Waals surface area contributed by atoms with E-state index in [1.165, 1.54) is 50.2 Å². The third-order valence-electron chi connectivity index (χ3n) is 7.13. The minimum atomic E-state index is 0.319. The number of rotatable bonds is 4. The summed E-state index contributed by atoms with van der Waals surface area (Å²) in [7, 11) is 0. The third-order valence-corrected chi connectivity index (χ3v) is 7.57. The van der Waals surface area contributed by atoms with E-state index in [1.807, 2.05) is 12.1 Å². The Kier molecular flexibility index (Phi) is 13.3. The van der Waals surface area contributed by atoms with Crippen LogP contribution in [0.5, 0.6) is 0 Å². The van der Waals surface area contributed by atoms with Crippen molar-refractivity contribution in [1.29, 1.82) is 0 Å². The molecule has 2 aromatic carbocycles. The Bertz CT molecular complexity index is 1440. The van der Waals surface area contributed by atoms with E-state index in [-0.39, 0.29) is 0 Å². The van der Waals surface area contributed by atoms with Crippen molar-refractivity contribution < 1.29 is 0 Å². The average molecular weight is 645 g/mol. The lowest BCUT2D eigenvalue weighted by molar-refractivity contribution is 0.376. The van der Waals surface area contributed by atoms with Crippen molar-refractivity contribution in [3.63, 3.8) is 0 Å². The van der Waals surface area contributed by atoms with E-state index in [9.17, 15) is 0 Å². The van der Waals surface area contributed by atoms with Gasteiger partial charge in [-0.05, 0) is 134 Å². The van der Waals surface area contributed by atoms with Gasteiger partial charge >= 0.3 is 0 Å². The van der Waals surface area contributed by atoms with Crippen molar-refractivity contribution in [3.8, 4) is 22.5 Å². The van der Waals surface area contributed by atoms with Gasteiger partial charge in [0.15, 0.2) is 0 Å². The molecule has 2 heterocycles. The van der Waals surface area contributed by atoms with Crippen LogP contribution in [0.15, 0.2) is 65.3 Å². The molecule has 0 saturated carbocycles. The quantitative estimate of drug-likeness (QED) is 0.225. The number of aryl methyl sites for hydroxylation is 7. The highest BCUT2D eigenvalue weighted by atomic mass is 79.9. The molecular formula is C39H54BrN3. The minimum Gasteiger partial charge on any atom is -0.330 e. The maximum atomic E-state index is 5.31. The topological polar surface area (TPSA) is 51.8 Å². The van der Waals surface area contributed by atoms with Crippen LogP contribution in [0.4, 0.5) is 0 Å². The van der Waals surface area contributed by atoms with Gasteiger partial charge in [0.05, 0.1) is 11.4 Å². The van der Waals surface area contributed by atoms with Crippen molar-refractivity contribution in [2.45, 2.75) is 95.9 Å². The summed E-state index contributed by atoms with van der Waals surface area (Å²) < 4.78 is 0.879. The zero-order valence-electron chi connectivity index (χ0n) is 28.7. The highest BCUT2D eigenvalue weighted by molar-refractivity contribution is 9.10. The van der Waals surface area contributed by atoms with Crippen molar-refractivity contribution in [2.24, 2.45) is 16.6 Å². The molecule has 0 aliphatic carbocycles. The fourth-order valence-electron chi connectivity index (χ4n) is 4.98. The molecule has 2 aromatic heterocycles. The summed E-state index contributed by atoms with van der Waals surface area (Å²) in [6, 6.07) is 21.3. The van der Waals surface area contributed by atoms with E-state index in [2.05, 4.69) is 153 Å². The van der Waals surface area contributed by atoms with Crippen molar-refractivity contribution in [3.05, 3.63) is 104 Å². The Hall–Kier alpha value is -2.82. The number of nitrogens with two attached hydrogens (primary N) is 1. The molecule has 4 heteroatoms. The molecule has 0 amide bonds. The first-order valence-electron chi connectivity index (χ1n) is 15.3. The van der Waals surface area contributed by atoms with Gasteiger partial charge in [-0.1, -0.05) is 89.1 Å². The third kappa shape index (κ3) is 12.4. The van der Waals surface area contributed by atoms with Gasteiger partial charge in [-0.15, -0.1) is 0 Å². The summed E-state index contributed by atoms with van der Waals surface area (Å²) in [5.74, 6) is 0. The second-order valence-electron chi connectivity index (χ2n) is 14.2. The summed E-state index contributed by atoms with van der Waals surface area (Å²) in [6.45, 7) is 26.9. The van der Waals surface area contributed by atoms with Crippen LogP contribution in [0, 0.1) is 52.4 Å². The lowest BCUT2D eigenvalue weighted by atomic mass is 9.89. The molecule has 0 unspecified atom stereocenters. The molecule has 0 saturated heterocycles. The summed E-state index contributed by atoms with van der Waals surface area (Å²) in [5.41, 5.74) is 19.7. The van der Waals surface area contributed by atoms with Gasteiger partial charge in [-0.25, -0.2) is 4.98 Å². The van der Waals surface area contributed by atoms with Gasteiger partial charge in [-0.2, -0.15) is 0 Å².